The standard InChI is InChI=1S/C19H20N2O4/c1-12-16(13(2)25-21-12)10-19(23)20-11-17(22)14-5-7-15(8-6-14)18-4-3-9-24-18/h3-9,17,22H,10-11H2,1-2H3,(H,20,23)/t17-/m0/s1. The van der Waals surface area contributed by atoms with Crippen molar-refractivity contribution in [1.82, 2.24) is 10.5 Å². The topological polar surface area (TPSA) is 88.5 Å². The molecule has 6 nitrogen and oxygen atoms in total. The lowest BCUT2D eigenvalue weighted by Crippen LogP contribution is -2.29. The smallest absolute Gasteiger partial charge is 0.224 e. The molecule has 0 saturated carbocycles. The Hall–Kier alpha value is -2.86. The van der Waals surface area contributed by atoms with E-state index in [-0.39, 0.29) is 18.9 Å². The SMILES string of the molecule is Cc1noc(C)c1CC(=O)NC[C@H](O)c1ccc(-c2ccco2)cc1. The van der Waals surface area contributed by atoms with Crippen molar-refractivity contribution < 1.29 is 18.8 Å². The minimum atomic E-state index is -0.778. The maximum atomic E-state index is 12.1. The second-order valence-corrected chi connectivity index (χ2v) is 5.90. The number of amides is 1. The normalized spacial score (nSPS) is 12.1. The number of furan rings is 1. The third-order valence-electron chi connectivity index (χ3n) is 4.11. The lowest BCUT2D eigenvalue weighted by molar-refractivity contribution is -0.120. The fourth-order valence-corrected chi connectivity index (χ4v) is 2.62. The van der Waals surface area contributed by atoms with Gasteiger partial charge in [-0.05, 0) is 31.5 Å². The lowest BCUT2D eigenvalue weighted by Gasteiger charge is -2.12. The quantitative estimate of drug-likeness (QED) is 0.720. The summed E-state index contributed by atoms with van der Waals surface area (Å²) < 4.78 is 10.4. The van der Waals surface area contributed by atoms with Crippen molar-refractivity contribution in [3.8, 4) is 11.3 Å². The van der Waals surface area contributed by atoms with Gasteiger partial charge in [0.25, 0.3) is 0 Å². The van der Waals surface area contributed by atoms with Crippen LogP contribution in [0, 0.1) is 13.8 Å². The first-order chi connectivity index (χ1) is 12.0. The van der Waals surface area contributed by atoms with E-state index < -0.39 is 6.10 Å². The summed E-state index contributed by atoms with van der Waals surface area (Å²) in [7, 11) is 0. The zero-order valence-corrected chi connectivity index (χ0v) is 14.2. The molecule has 2 heterocycles. The number of aryl methyl sites for hydroxylation is 2. The van der Waals surface area contributed by atoms with E-state index in [1.807, 2.05) is 36.4 Å². The molecular weight excluding hydrogens is 320 g/mol. The van der Waals surface area contributed by atoms with E-state index in [1.54, 1.807) is 20.1 Å². The molecule has 0 aliphatic heterocycles. The summed E-state index contributed by atoms with van der Waals surface area (Å²) in [5, 5.41) is 16.8. The third-order valence-corrected chi connectivity index (χ3v) is 4.11. The maximum absolute atomic E-state index is 12.1. The molecule has 1 atom stereocenters. The second-order valence-electron chi connectivity index (χ2n) is 5.90. The van der Waals surface area contributed by atoms with Crippen molar-refractivity contribution in [2.45, 2.75) is 26.4 Å². The number of aliphatic hydroxyl groups is 1. The van der Waals surface area contributed by atoms with Crippen molar-refractivity contribution in [2.24, 2.45) is 0 Å². The van der Waals surface area contributed by atoms with Gasteiger partial charge in [-0.1, -0.05) is 29.4 Å². The molecule has 1 amide bonds. The fraction of sp³-hybridized carbons (Fsp3) is 0.263. The molecule has 0 aliphatic carbocycles. The minimum absolute atomic E-state index is 0.141. The number of carbonyl (C=O) groups excluding carboxylic acids is 1. The molecule has 1 aromatic carbocycles. The van der Waals surface area contributed by atoms with Crippen molar-refractivity contribution >= 4 is 5.91 Å². The van der Waals surface area contributed by atoms with Gasteiger partial charge in [0, 0.05) is 17.7 Å². The van der Waals surface area contributed by atoms with E-state index in [4.69, 9.17) is 8.94 Å². The average Bonchev–Trinajstić information content (AvgIpc) is 3.26. The summed E-state index contributed by atoms with van der Waals surface area (Å²) in [6, 6.07) is 11.1. The lowest BCUT2D eigenvalue weighted by atomic mass is 10.1. The molecule has 25 heavy (non-hydrogen) atoms. The highest BCUT2D eigenvalue weighted by Gasteiger charge is 2.15. The van der Waals surface area contributed by atoms with Crippen molar-refractivity contribution in [1.29, 1.82) is 0 Å². The number of carbonyl (C=O) groups is 1. The Morgan fingerprint density at radius 1 is 1.24 bits per heavy atom. The molecule has 0 fully saturated rings. The molecule has 6 heteroatoms. The zero-order valence-electron chi connectivity index (χ0n) is 14.2. The minimum Gasteiger partial charge on any atom is -0.464 e. The highest BCUT2D eigenvalue weighted by molar-refractivity contribution is 5.79. The monoisotopic (exact) mass is 340 g/mol. The summed E-state index contributed by atoms with van der Waals surface area (Å²) in [5.74, 6) is 1.23. The highest BCUT2D eigenvalue weighted by atomic mass is 16.5. The Kier molecular flexibility index (Phi) is 5.00. The van der Waals surface area contributed by atoms with Gasteiger partial charge in [0.1, 0.15) is 11.5 Å². The Balaban J connectivity index is 1.55. The van der Waals surface area contributed by atoms with Crippen LogP contribution in [0.2, 0.25) is 0 Å². The third kappa shape index (κ3) is 3.97. The van der Waals surface area contributed by atoms with E-state index in [9.17, 15) is 9.90 Å². The Morgan fingerprint density at radius 2 is 2.00 bits per heavy atom. The molecule has 3 rings (SSSR count). The number of aromatic nitrogens is 1. The number of benzene rings is 1. The summed E-state index contributed by atoms with van der Waals surface area (Å²) in [6.07, 6.45) is 1.03. The highest BCUT2D eigenvalue weighted by Crippen LogP contribution is 2.22. The molecule has 3 aromatic rings. The van der Waals surface area contributed by atoms with Gasteiger partial charge < -0.3 is 19.4 Å². The van der Waals surface area contributed by atoms with Crippen molar-refractivity contribution in [2.75, 3.05) is 6.54 Å². The molecule has 0 spiro atoms. The maximum Gasteiger partial charge on any atom is 0.224 e. The number of hydrogen-bond acceptors (Lipinski definition) is 5. The molecule has 0 saturated heterocycles. The number of nitrogens with zero attached hydrogens (tertiary/aromatic N) is 1. The first-order valence-corrected chi connectivity index (χ1v) is 8.05. The van der Waals surface area contributed by atoms with E-state index in [0.29, 0.717) is 11.5 Å². The molecule has 130 valence electrons. The Bertz CT molecular complexity index is 815. The van der Waals surface area contributed by atoms with Crippen LogP contribution in [0.3, 0.4) is 0 Å². The van der Waals surface area contributed by atoms with Crippen LogP contribution in [-0.4, -0.2) is 22.7 Å². The van der Waals surface area contributed by atoms with Crippen LogP contribution in [0.1, 0.15) is 28.7 Å². The van der Waals surface area contributed by atoms with Gasteiger partial charge in [-0.15, -0.1) is 0 Å². The van der Waals surface area contributed by atoms with Crippen LogP contribution in [0.5, 0.6) is 0 Å². The molecule has 0 unspecified atom stereocenters. The predicted octanol–water partition coefficient (Wildman–Crippen LogP) is 2.94. The number of nitrogens with one attached hydrogen (secondary N) is 1. The van der Waals surface area contributed by atoms with Crippen LogP contribution < -0.4 is 5.32 Å². The largest absolute Gasteiger partial charge is 0.464 e. The van der Waals surface area contributed by atoms with Crippen LogP contribution in [0.4, 0.5) is 0 Å². The molecule has 0 aliphatic rings. The number of aliphatic hydroxyl groups excluding tert-OH is 1. The van der Waals surface area contributed by atoms with Crippen molar-refractivity contribution in [3.05, 3.63) is 65.2 Å². The molecule has 0 radical (unpaired) electrons. The zero-order chi connectivity index (χ0) is 17.8. The van der Waals surface area contributed by atoms with Crippen LogP contribution in [0.15, 0.2) is 51.6 Å². The van der Waals surface area contributed by atoms with Crippen LogP contribution in [0.25, 0.3) is 11.3 Å². The summed E-state index contributed by atoms with van der Waals surface area (Å²) in [4.78, 5) is 12.1. The van der Waals surface area contributed by atoms with Gasteiger partial charge >= 0.3 is 0 Å². The van der Waals surface area contributed by atoms with E-state index >= 15 is 0 Å². The Morgan fingerprint density at radius 3 is 2.60 bits per heavy atom. The van der Waals surface area contributed by atoms with E-state index in [1.165, 1.54) is 0 Å². The van der Waals surface area contributed by atoms with Crippen molar-refractivity contribution in [3.63, 3.8) is 0 Å². The summed E-state index contributed by atoms with van der Waals surface area (Å²) in [6.45, 7) is 3.72. The summed E-state index contributed by atoms with van der Waals surface area (Å²) in [5.41, 5.74) is 3.16. The van der Waals surface area contributed by atoms with Gasteiger partial charge in [0.15, 0.2) is 0 Å². The molecule has 2 aromatic heterocycles. The Labute approximate surface area is 145 Å². The van der Waals surface area contributed by atoms with Gasteiger partial charge in [0.05, 0.1) is 24.5 Å². The number of hydrogen-bond donors (Lipinski definition) is 2. The van der Waals surface area contributed by atoms with Crippen LogP contribution in [-0.2, 0) is 11.2 Å². The fourth-order valence-electron chi connectivity index (χ4n) is 2.62. The van der Waals surface area contributed by atoms with Gasteiger partial charge in [-0.2, -0.15) is 0 Å². The van der Waals surface area contributed by atoms with Gasteiger partial charge in [-0.25, -0.2) is 0 Å². The first kappa shape index (κ1) is 17.0. The predicted molar refractivity (Wildman–Crippen MR) is 91.8 cm³/mol. The van der Waals surface area contributed by atoms with Gasteiger partial charge in [0.2, 0.25) is 5.91 Å². The van der Waals surface area contributed by atoms with Gasteiger partial charge in [-0.3, -0.25) is 4.79 Å². The second kappa shape index (κ2) is 7.36. The first-order valence-electron chi connectivity index (χ1n) is 8.05. The van der Waals surface area contributed by atoms with E-state index in [0.717, 1.165) is 22.5 Å². The molecular formula is C19H20N2O4. The number of rotatable bonds is 6. The van der Waals surface area contributed by atoms with E-state index in [2.05, 4.69) is 10.5 Å². The average molecular weight is 340 g/mol. The molecule has 0 bridgehead atoms. The summed E-state index contributed by atoms with van der Waals surface area (Å²) >= 11 is 0. The van der Waals surface area contributed by atoms with Crippen LogP contribution >= 0.6 is 0 Å². The molecule has 2 N–H and O–H groups in total.